The Hall–Kier alpha value is -0.180. The molecule has 19 heavy (non-hydrogen) atoms. The maximum Gasteiger partial charge on any atom is 0.260 e. The van der Waals surface area contributed by atoms with Gasteiger partial charge in [-0.05, 0) is 27.7 Å². The quantitative estimate of drug-likeness (QED) is 0.619. The first kappa shape index (κ1) is 15.2. The van der Waals surface area contributed by atoms with Gasteiger partial charge in [0.1, 0.15) is 0 Å². The molecule has 2 nitrogen and oxygen atoms in total. The summed E-state index contributed by atoms with van der Waals surface area (Å²) in [6, 6.07) is 0. The third kappa shape index (κ3) is 1.95. The molecule has 5 heteroatoms. The van der Waals surface area contributed by atoms with Crippen LogP contribution in [0.1, 0.15) is 27.7 Å². The van der Waals surface area contributed by atoms with E-state index in [0.717, 1.165) is 5.57 Å². The van der Waals surface area contributed by atoms with Crippen LogP contribution in [0.3, 0.4) is 0 Å². The molecular weight excluding hydrogens is 305 g/mol. The lowest BCUT2D eigenvalue weighted by atomic mass is 9.73. The molecule has 0 radical (unpaired) electrons. The van der Waals surface area contributed by atoms with Crippen molar-refractivity contribution in [3.05, 3.63) is 23.8 Å². The smallest absolute Gasteiger partial charge is 0.260 e. The lowest BCUT2D eigenvalue weighted by Gasteiger charge is -2.41. The molecule has 1 saturated heterocycles. The van der Waals surface area contributed by atoms with Crippen LogP contribution in [-0.2, 0) is 4.79 Å². The van der Waals surface area contributed by atoms with Crippen LogP contribution in [0.5, 0.6) is 0 Å². The van der Waals surface area contributed by atoms with Crippen molar-refractivity contribution in [1.29, 1.82) is 0 Å². The zero-order valence-corrected chi connectivity index (χ0v) is 13.8. The molecule has 0 aromatic rings. The van der Waals surface area contributed by atoms with Crippen molar-refractivity contribution >= 4 is 40.7 Å². The molecule has 1 spiro atoms. The van der Waals surface area contributed by atoms with Crippen molar-refractivity contribution in [2.45, 2.75) is 42.9 Å². The SMILES string of the molecule is CC1=CC=C[C@@H](Cl)C12CN(C(C)(C)C)C(=O)C2(Cl)Cl. The minimum Gasteiger partial charge on any atom is -0.334 e. The highest BCUT2D eigenvalue weighted by molar-refractivity contribution is 6.60. The van der Waals surface area contributed by atoms with Crippen LogP contribution < -0.4 is 0 Å². The normalized spacial score (nSPS) is 34.1. The van der Waals surface area contributed by atoms with Crippen LogP contribution in [0.15, 0.2) is 23.8 Å². The van der Waals surface area contributed by atoms with Gasteiger partial charge >= 0.3 is 0 Å². The number of carbonyl (C=O) groups is 1. The summed E-state index contributed by atoms with van der Waals surface area (Å²) in [4.78, 5) is 14.3. The van der Waals surface area contributed by atoms with Gasteiger partial charge in [-0.1, -0.05) is 47.0 Å². The first-order valence-corrected chi connectivity index (χ1v) is 7.44. The number of allylic oxidation sites excluding steroid dienone is 3. The summed E-state index contributed by atoms with van der Waals surface area (Å²) in [5.74, 6) is -0.267. The zero-order chi connectivity index (χ0) is 14.6. The van der Waals surface area contributed by atoms with Gasteiger partial charge in [0.25, 0.3) is 5.91 Å². The molecule has 1 heterocycles. The Kier molecular flexibility index (Phi) is 3.53. The maximum atomic E-state index is 12.6. The van der Waals surface area contributed by atoms with Crippen molar-refractivity contribution in [2.24, 2.45) is 5.41 Å². The summed E-state index contributed by atoms with van der Waals surface area (Å²) >= 11 is 19.4. The number of hydrogen-bond acceptors (Lipinski definition) is 1. The van der Waals surface area contributed by atoms with Crippen molar-refractivity contribution < 1.29 is 4.79 Å². The van der Waals surface area contributed by atoms with E-state index in [2.05, 4.69) is 0 Å². The molecule has 1 aliphatic carbocycles. The van der Waals surface area contributed by atoms with Crippen LogP contribution in [0.4, 0.5) is 0 Å². The Morgan fingerprint density at radius 2 is 1.95 bits per heavy atom. The van der Waals surface area contributed by atoms with E-state index in [4.69, 9.17) is 34.8 Å². The number of nitrogens with zero attached hydrogens (tertiary/aromatic N) is 1. The molecule has 2 rings (SSSR count). The van der Waals surface area contributed by atoms with Crippen LogP contribution in [0.25, 0.3) is 0 Å². The average molecular weight is 323 g/mol. The number of amides is 1. The van der Waals surface area contributed by atoms with E-state index in [-0.39, 0.29) is 11.4 Å². The first-order chi connectivity index (χ1) is 8.55. The van der Waals surface area contributed by atoms with Gasteiger partial charge in [-0.25, -0.2) is 0 Å². The number of carbonyl (C=O) groups excluding carboxylic acids is 1. The minimum absolute atomic E-state index is 0.267. The lowest BCUT2D eigenvalue weighted by Crippen LogP contribution is -2.48. The Balaban J connectivity index is 2.57. The van der Waals surface area contributed by atoms with Gasteiger partial charge in [0.2, 0.25) is 4.33 Å². The van der Waals surface area contributed by atoms with Gasteiger partial charge in [0, 0.05) is 12.1 Å². The standard InChI is InChI=1S/C14H18Cl3NO/c1-9-6-5-7-10(15)13(9)8-18(12(2,3)4)11(19)14(13,16)17/h5-7,10H,8H2,1-4H3/t10-,13?/m1/s1. The molecule has 0 saturated carbocycles. The Labute approximate surface area is 129 Å². The van der Waals surface area contributed by atoms with Gasteiger partial charge in [-0.15, -0.1) is 11.6 Å². The number of hydrogen-bond donors (Lipinski definition) is 0. The molecule has 0 aromatic carbocycles. The van der Waals surface area contributed by atoms with E-state index in [1.165, 1.54) is 0 Å². The maximum absolute atomic E-state index is 12.6. The zero-order valence-electron chi connectivity index (χ0n) is 11.5. The van der Waals surface area contributed by atoms with E-state index in [1.54, 1.807) is 4.90 Å². The molecule has 0 aromatic heterocycles. The predicted octanol–water partition coefficient (Wildman–Crippen LogP) is 3.91. The van der Waals surface area contributed by atoms with Gasteiger partial charge < -0.3 is 4.90 Å². The van der Waals surface area contributed by atoms with Crippen LogP contribution in [0.2, 0.25) is 0 Å². The van der Waals surface area contributed by atoms with Gasteiger partial charge in [-0.2, -0.15) is 0 Å². The summed E-state index contributed by atoms with van der Waals surface area (Å²) in [5.41, 5.74) is -0.162. The fourth-order valence-corrected chi connectivity index (χ4v) is 4.24. The molecule has 2 aliphatic rings. The second-order valence-corrected chi connectivity index (χ2v) is 8.04. The molecule has 1 aliphatic heterocycles. The summed E-state index contributed by atoms with van der Waals surface area (Å²) < 4.78 is -1.53. The second-order valence-electron chi connectivity index (χ2n) is 6.24. The highest BCUT2D eigenvalue weighted by Crippen LogP contribution is 2.58. The monoisotopic (exact) mass is 321 g/mol. The second kappa shape index (κ2) is 4.41. The fourth-order valence-electron chi connectivity index (χ4n) is 2.78. The molecule has 106 valence electrons. The summed E-state index contributed by atoms with van der Waals surface area (Å²) in [6.07, 6.45) is 5.65. The number of likely N-dealkylation sites (tertiary alicyclic amines) is 1. The molecule has 1 fully saturated rings. The Morgan fingerprint density at radius 1 is 1.37 bits per heavy atom. The molecule has 1 unspecified atom stereocenters. The summed E-state index contributed by atoms with van der Waals surface area (Å²) in [5, 5.41) is -0.399. The first-order valence-electron chi connectivity index (χ1n) is 6.24. The van der Waals surface area contributed by atoms with Gasteiger partial charge in [0.15, 0.2) is 0 Å². The molecule has 2 atom stereocenters. The largest absolute Gasteiger partial charge is 0.334 e. The topological polar surface area (TPSA) is 20.3 Å². The highest BCUT2D eigenvalue weighted by Gasteiger charge is 2.67. The summed E-state index contributed by atoms with van der Waals surface area (Å²) in [6.45, 7) is 8.26. The fraction of sp³-hybridized carbons (Fsp3) is 0.643. The summed E-state index contributed by atoms with van der Waals surface area (Å²) in [7, 11) is 0. The van der Waals surface area contributed by atoms with Gasteiger partial charge in [0.05, 0.1) is 10.8 Å². The number of halogens is 3. The number of rotatable bonds is 0. The van der Waals surface area contributed by atoms with Crippen LogP contribution in [-0.4, -0.2) is 32.6 Å². The van der Waals surface area contributed by atoms with Crippen molar-refractivity contribution in [1.82, 2.24) is 4.90 Å². The molecule has 1 amide bonds. The minimum atomic E-state index is -1.53. The van der Waals surface area contributed by atoms with Crippen LogP contribution >= 0.6 is 34.8 Å². The molecule has 0 bridgehead atoms. The predicted molar refractivity (Wildman–Crippen MR) is 80.9 cm³/mol. The van der Waals surface area contributed by atoms with Gasteiger partial charge in [-0.3, -0.25) is 4.79 Å². The van der Waals surface area contributed by atoms with Crippen LogP contribution in [0, 0.1) is 5.41 Å². The molecule has 0 N–H and O–H groups in total. The lowest BCUT2D eigenvalue weighted by molar-refractivity contribution is -0.132. The third-order valence-electron chi connectivity index (χ3n) is 4.09. The van der Waals surface area contributed by atoms with E-state index in [1.807, 2.05) is 45.9 Å². The third-order valence-corrected chi connectivity index (χ3v) is 5.61. The van der Waals surface area contributed by atoms with Crippen molar-refractivity contribution in [2.75, 3.05) is 6.54 Å². The molecular formula is C14H18Cl3NO. The average Bonchev–Trinajstić information content (AvgIpc) is 2.46. The van der Waals surface area contributed by atoms with Crippen molar-refractivity contribution in [3.8, 4) is 0 Å². The van der Waals surface area contributed by atoms with E-state index >= 15 is 0 Å². The number of alkyl halides is 3. The Bertz CT molecular complexity index is 476. The van der Waals surface area contributed by atoms with E-state index in [9.17, 15) is 4.79 Å². The van der Waals surface area contributed by atoms with E-state index in [0.29, 0.717) is 6.54 Å². The van der Waals surface area contributed by atoms with Crippen molar-refractivity contribution in [3.63, 3.8) is 0 Å². The highest BCUT2D eigenvalue weighted by atomic mass is 35.5. The van der Waals surface area contributed by atoms with E-state index < -0.39 is 15.1 Å². The Morgan fingerprint density at radius 3 is 2.37 bits per heavy atom.